The van der Waals surface area contributed by atoms with Crippen molar-refractivity contribution >= 4 is 23.8 Å². The average Bonchev–Trinajstić information content (AvgIpc) is 2.76. The molecule has 0 aliphatic heterocycles. The standard InChI is InChI=1S/C25H38N6O2/c1-6-12-31(13-7-2)22-16-23(30-27-18-21-10-8-9-20(5)15-21)29-24(17-22)33-14-11-26-25(32)28-19(3)4/h8-10,15-19H,6-7,11-14H2,1-5H3,(H,29,30)(H2,26,28,32)/b27-18+. The lowest BCUT2D eigenvalue weighted by molar-refractivity contribution is 0.233. The molecule has 33 heavy (non-hydrogen) atoms. The molecule has 0 saturated carbocycles. The normalized spacial score (nSPS) is 11.0. The minimum atomic E-state index is -0.208. The Morgan fingerprint density at radius 1 is 1.18 bits per heavy atom. The molecule has 0 unspecified atom stereocenters. The second-order valence-corrected chi connectivity index (χ2v) is 8.22. The Morgan fingerprint density at radius 2 is 1.94 bits per heavy atom. The van der Waals surface area contributed by atoms with Crippen LogP contribution in [-0.4, -0.2) is 49.5 Å². The summed E-state index contributed by atoms with van der Waals surface area (Å²) >= 11 is 0. The number of amides is 2. The number of carbonyl (C=O) groups is 1. The zero-order valence-corrected chi connectivity index (χ0v) is 20.5. The van der Waals surface area contributed by atoms with Crippen LogP contribution in [0.1, 0.15) is 51.7 Å². The Bertz CT molecular complexity index is 894. The summed E-state index contributed by atoms with van der Waals surface area (Å²) in [5.74, 6) is 1.10. The Labute approximate surface area is 197 Å². The van der Waals surface area contributed by atoms with Crippen molar-refractivity contribution in [3.05, 3.63) is 47.5 Å². The lowest BCUT2D eigenvalue weighted by Crippen LogP contribution is -2.41. The maximum absolute atomic E-state index is 11.7. The number of urea groups is 1. The summed E-state index contributed by atoms with van der Waals surface area (Å²) in [5.41, 5.74) is 6.26. The van der Waals surface area contributed by atoms with Crippen LogP contribution in [0, 0.1) is 6.92 Å². The van der Waals surface area contributed by atoms with Crippen LogP contribution in [0.3, 0.4) is 0 Å². The molecule has 1 aromatic carbocycles. The molecule has 3 N–H and O–H groups in total. The molecule has 0 spiro atoms. The molecule has 0 saturated heterocycles. The van der Waals surface area contributed by atoms with E-state index in [4.69, 9.17) is 4.74 Å². The maximum Gasteiger partial charge on any atom is 0.315 e. The molecule has 1 heterocycles. The molecular formula is C25H38N6O2. The summed E-state index contributed by atoms with van der Waals surface area (Å²) in [5, 5.41) is 9.93. The monoisotopic (exact) mass is 454 g/mol. The summed E-state index contributed by atoms with van der Waals surface area (Å²) in [4.78, 5) is 18.6. The van der Waals surface area contributed by atoms with Gasteiger partial charge in [0.2, 0.25) is 5.88 Å². The summed E-state index contributed by atoms with van der Waals surface area (Å²) in [7, 11) is 0. The van der Waals surface area contributed by atoms with E-state index in [0.29, 0.717) is 24.8 Å². The van der Waals surface area contributed by atoms with Crippen molar-refractivity contribution in [2.45, 2.75) is 53.5 Å². The van der Waals surface area contributed by atoms with Gasteiger partial charge in [0.25, 0.3) is 0 Å². The highest BCUT2D eigenvalue weighted by molar-refractivity contribution is 5.80. The van der Waals surface area contributed by atoms with E-state index in [1.54, 1.807) is 6.21 Å². The van der Waals surface area contributed by atoms with Gasteiger partial charge in [0.1, 0.15) is 6.61 Å². The molecule has 180 valence electrons. The summed E-state index contributed by atoms with van der Waals surface area (Å²) in [6.07, 6.45) is 3.86. The van der Waals surface area contributed by atoms with Gasteiger partial charge in [-0.15, -0.1) is 0 Å². The summed E-state index contributed by atoms with van der Waals surface area (Å²) < 4.78 is 5.86. The predicted molar refractivity (Wildman–Crippen MR) is 137 cm³/mol. The number of carbonyl (C=O) groups excluding carboxylic acids is 1. The van der Waals surface area contributed by atoms with E-state index in [2.05, 4.69) is 63.9 Å². The van der Waals surface area contributed by atoms with E-state index in [-0.39, 0.29) is 12.1 Å². The fourth-order valence-electron chi connectivity index (χ4n) is 3.27. The Hall–Kier alpha value is -3.29. The highest BCUT2D eigenvalue weighted by Gasteiger charge is 2.10. The van der Waals surface area contributed by atoms with Gasteiger partial charge in [-0.3, -0.25) is 5.43 Å². The van der Waals surface area contributed by atoms with Gasteiger partial charge in [0.05, 0.1) is 12.8 Å². The second-order valence-electron chi connectivity index (χ2n) is 8.22. The van der Waals surface area contributed by atoms with E-state index in [1.165, 1.54) is 5.56 Å². The van der Waals surface area contributed by atoms with Gasteiger partial charge in [-0.05, 0) is 39.2 Å². The van der Waals surface area contributed by atoms with E-state index in [9.17, 15) is 4.79 Å². The van der Waals surface area contributed by atoms with E-state index in [0.717, 1.165) is 37.2 Å². The smallest absolute Gasteiger partial charge is 0.315 e. The van der Waals surface area contributed by atoms with Gasteiger partial charge in [0.15, 0.2) is 5.82 Å². The van der Waals surface area contributed by atoms with Crippen molar-refractivity contribution in [1.29, 1.82) is 0 Å². The number of nitrogens with zero attached hydrogens (tertiary/aromatic N) is 3. The quantitative estimate of drug-likeness (QED) is 0.235. The minimum Gasteiger partial charge on any atom is -0.476 e. The van der Waals surface area contributed by atoms with Crippen LogP contribution in [0.15, 0.2) is 41.5 Å². The number of hydrogen-bond acceptors (Lipinski definition) is 6. The third-order valence-electron chi connectivity index (χ3n) is 4.63. The molecule has 2 aromatic rings. The minimum absolute atomic E-state index is 0.0846. The highest BCUT2D eigenvalue weighted by Crippen LogP contribution is 2.24. The molecular weight excluding hydrogens is 416 g/mol. The van der Waals surface area contributed by atoms with E-state index < -0.39 is 0 Å². The number of aromatic nitrogens is 1. The third kappa shape index (κ3) is 9.80. The number of ether oxygens (including phenoxy) is 1. The van der Waals surface area contributed by atoms with Crippen molar-refractivity contribution in [2.24, 2.45) is 5.10 Å². The zero-order valence-electron chi connectivity index (χ0n) is 20.5. The van der Waals surface area contributed by atoms with Gasteiger partial charge in [-0.1, -0.05) is 43.7 Å². The number of aryl methyl sites for hydroxylation is 1. The van der Waals surface area contributed by atoms with Gasteiger partial charge in [0, 0.05) is 37.0 Å². The lowest BCUT2D eigenvalue weighted by Gasteiger charge is -2.24. The molecule has 8 heteroatoms. The highest BCUT2D eigenvalue weighted by atomic mass is 16.5. The zero-order chi connectivity index (χ0) is 24.1. The van der Waals surface area contributed by atoms with Crippen molar-refractivity contribution in [3.63, 3.8) is 0 Å². The Kier molecular flexibility index (Phi) is 11.0. The van der Waals surface area contributed by atoms with Crippen LogP contribution in [0.25, 0.3) is 0 Å². The molecule has 0 aliphatic carbocycles. The van der Waals surface area contributed by atoms with Crippen LogP contribution in [0.5, 0.6) is 5.88 Å². The van der Waals surface area contributed by atoms with Crippen LogP contribution in [0.2, 0.25) is 0 Å². The molecule has 0 atom stereocenters. The van der Waals surface area contributed by atoms with Crippen LogP contribution >= 0.6 is 0 Å². The molecule has 0 fully saturated rings. The van der Waals surface area contributed by atoms with Gasteiger partial charge in [-0.25, -0.2) is 4.79 Å². The van der Waals surface area contributed by atoms with Crippen molar-refractivity contribution in [2.75, 3.05) is 36.6 Å². The van der Waals surface area contributed by atoms with Crippen LogP contribution < -0.4 is 25.7 Å². The summed E-state index contributed by atoms with van der Waals surface area (Å²) in [6, 6.07) is 11.9. The molecule has 1 aromatic heterocycles. The van der Waals surface area contributed by atoms with Crippen LogP contribution in [-0.2, 0) is 0 Å². The number of benzene rings is 1. The number of rotatable bonds is 13. The first-order valence-electron chi connectivity index (χ1n) is 11.7. The number of nitrogens with one attached hydrogen (secondary N) is 3. The van der Waals surface area contributed by atoms with E-state index in [1.807, 2.05) is 38.1 Å². The lowest BCUT2D eigenvalue weighted by atomic mass is 10.2. The van der Waals surface area contributed by atoms with Crippen LogP contribution in [0.4, 0.5) is 16.3 Å². The van der Waals surface area contributed by atoms with E-state index >= 15 is 0 Å². The molecule has 0 bridgehead atoms. The first kappa shape index (κ1) is 26.0. The number of anilines is 2. The fourth-order valence-corrected chi connectivity index (χ4v) is 3.27. The number of pyridine rings is 1. The summed E-state index contributed by atoms with van der Waals surface area (Å²) in [6.45, 7) is 12.8. The maximum atomic E-state index is 11.7. The molecule has 8 nitrogen and oxygen atoms in total. The third-order valence-corrected chi connectivity index (χ3v) is 4.63. The number of hydrogen-bond donors (Lipinski definition) is 3. The van der Waals surface area contributed by atoms with Gasteiger partial charge < -0.3 is 20.3 Å². The average molecular weight is 455 g/mol. The molecule has 0 aliphatic rings. The SMILES string of the molecule is CCCN(CCC)c1cc(N/N=C/c2cccc(C)c2)nc(OCCNC(=O)NC(C)C)c1. The fraction of sp³-hybridized carbons (Fsp3) is 0.480. The first-order chi connectivity index (χ1) is 15.9. The van der Waals surface area contributed by atoms with Crippen molar-refractivity contribution in [1.82, 2.24) is 15.6 Å². The molecule has 0 radical (unpaired) electrons. The van der Waals surface area contributed by atoms with Crippen molar-refractivity contribution < 1.29 is 9.53 Å². The first-order valence-corrected chi connectivity index (χ1v) is 11.7. The Morgan fingerprint density at radius 3 is 2.61 bits per heavy atom. The molecule has 2 rings (SSSR count). The topological polar surface area (TPSA) is 90.9 Å². The largest absolute Gasteiger partial charge is 0.476 e. The molecule has 2 amide bonds. The van der Waals surface area contributed by atoms with Crippen molar-refractivity contribution in [3.8, 4) is 5.88 Å². The number of hydrazone groups is 1. The predicted octanol–water partition coefficient (Wildman–Crippen LogP) is 4.55. The van der Waals surface area contributed by atoms with Gasteiger partial charge in [-0.2, -0.15) is 10.1 Å². The van der Waals surface area contributed by atoms with Gasteiger partial charge >= 0.3 is 6.03 Å². The second kappa shape index (κ2) is 14.0. The Balaban J connectivity index is 2.11.